The molecular weight excluding hydrogens is 240 g/mol. The van der Waals surface area contributed by atoms with Gasteiger partial charge < -0.3 is 4.55 Å². The molecule has 0 N–H and O–H groups in total. The molecule has 1 nitrogen and oxygen atoms in total. The molecule has 98 valence electrons. The Bertz CT molecular complexity index is 366. The van der Waals surface area contributed by atoms with E-state index in [2.05, 4.69) is 18.7 Å². The lowest BCUT2D eigenvalue weighted by Gasteiger charge is -2.07. The fourth-order valence-electron chi connectivity index (χ4n) is 1.60. The first-order valence-corrected chi connectivity index (χ1v) is 7.99. The van der Waals surface area contributed by atoms with Crippen LogP contribution < -0.4 is 0 Å². The van der Waals surface area contributed by atoms with Gasteiger partial charge in [-0.1, -0.05) is 38.0 Å². The van der Waals surface area contributed by atoms with Gasteiger partial charge in [0.25, 0.3) is 0 Å². The van der Waals surface area contributed by atoms with Crippen molar-refractivity contribution in [2.45, 2.75) is 43.9 Å². The quantitative estimate of drug-likeness (QED) is 0.385. The van der Waals surface area contributed by atoms with Crippen LogP contribution in [-0.2, 0) is 11.2 Å². The minimum absolute atomic E-state index is 0.680. The Morgan fingerprint density at radius 3 is 2.56 bits per heavy atom. The summed E-state index contributed by atoms with van der Waals surface area (Å²) in [5.41, 5.74) is 3.17. The Labute approximate surface area is 114 Å². The van der Waals surface area contributed by atoms with E-state index in [0.717, 1.165) is 17.7 Å². The summed E-state index contributed by atoms with van der Waals surface area (Å²) in [5.74, 6) is 0.680. The molecule has 0 amide bonds. The smallest absolute Gasteiger partial charge is 0.152 e. The third-order valence-electron chi connectivity index (χ3n) is 2.64. The molecule has 0 radical (unpaired) electrons. The van der Waals surface area contributed by atoms with Crippen molar-refractivity contribution in [2.24, 2.45) is 0 Å². The number of hydrogen-bond acceptors (Lipinski definition) is 1. The summed E-state index contributed by atoms with van der Waals surface area (Å²) >= 11 is -0.879. The second-order valence-corrected chi connectivity index (χ2v) is 5.79. The molecule has 0 aliphatic rings. The first-order chi connectivity index (χ1) is 8.84. The number of benzene rings is 1. The molecule has 1 unspecified atom stereocenters. The van der Waals surface area contributed by atoms with Gasteiger partial charge in [0.05, 0.1) is 0 Å². The van der Waals surface area contributed by atoms with Crippen LogP contribution in [0.15, 0.2) is 53.1 Å². The zero-order chi connectivity index (χ0) is 13.1. The number of unbranched alkanes of at least 4 members (excludes halogenated alkanes) is 3. The fourth-order valence-corrected chi connectivity index (χ4v) is 2.63. The average molecular weight is 262 g/mol. The normalized spacial score (nSPS) is 11.7. The highest BCUT2D eigenvalue weighted by Crippen LogP contribution is 2.11. The number of hydrogen-bond donors (Lipinski definition) is 0. The van der Waals surface area contributed by atoms with Gasteiger partial charge in [0.1, 0.15) is 5.75 Å². The zero-order valence-corrected chi connectivity index (χ0v) is 11.9. The van der Waals surface area contributed by atoms with Crippen LogP contribution in [0.25, 0.3) is 0 Å². The SMILES string of the molecule is CCCCCC=C=CCC[S+]([O-])c1ccccc1. The minimum atomic E-state index is -0.879. The first-order valence-electron chi connectivity index (χ1n) is 6.67. The van der Waals surface area contributed by atoms with E-state index in [1.54, 1.807) is 0 Å². The monoisotopic (exact) mass is 262 g/mol. The van der Waals surface area contributed by atoms with Crippen LogP contribution in [0.4, 0.5) is 0 Å². The average Bonchev–Trinajstić information content (AvgIpc) is 2.42. The third kappa shape index (κ3) is 6.70. The number of allylic oxidation sites excluding steroid dienone is 1. The molecule has 0 fully saturated rings. The van der Waals surface area contributed by atoms with E-state index in [-0.39, 0.29) is 0 Å². The van der Waals surface area contributed by atoms with E-state index in [0.29, 0.717) is 5.75 Å². The highest BCUT2D eigenvalue weighted by atomic mass is 32.2. The molecule has 0 bridgehead atoms. The predicted octanol–water partition coefficient (Wildman–Crippen LogP) is 4.48. The van der Waals surface area contributed by atoms with E-state index < -0.39 is 11.2 Å². The second-order valence-electron chi connectivity index (χ2n) is 4.22. The van der Waals surface area contributed by atoms with Crippen LogP contribution in [-0.4, -0.2) is 10.3 Å². The molecule has 2 heteroatoms. The van der Waals surface area contributed by atoms with Crippen LogP contribution in [0.3, 0.4) is 0 Å². The third-order valence-corrected chi connectivity index (χ3v) is 4.05. The van der Waals surface area contributed by atoms with Gasteiger partial charge in [0.15, 0.2) is 4.90 Å². The Hall–Kier alpha value is -0.950. The van der Waals surface area contributed by atoms with E-state index in [1.165, 1.54) is 19.3 Å². The molecular formula is C16H22OS. The van der Waals surface area contributed by atoms with Crippen molar-refractivity contribution >= 4 is 11.2 Å². The lowest BCUT2D eigenvalue weighted by molar-refractivity contribution is 0.594. The Balaban J connectivity index is 2.19. The topological polar surface area (TPSA) is 23.1 Å². The summed E-state index contributed by atoms with van der Waals surface area (Å²) in [6.45, 7) is 2.21. The standard InChI is InChI=1S/C16H22OS/c1-2-3-4-5-6-7-8-12-15-18(17)16-13-10-9-11-14-16/h6,8-11,13-14H,2-5,12,15H2,1H3. The lowest BCUT2D eigenvalue weighted by atomic mass is 10.2. The Morgan fingerprint density at radius 1 is 1.11 bits per heavy atom. The van der Waals surface area contributed by atoms with Crippen LogP contribution in [0.5, 0.6) is 0 Å². The Morgan fingerprint density at radius 2 is 1.83 bits per heavy atom. The molecule has 0 saturated carbocycles. The van der Waals surface area contributed by atoms with Crippen molar-refractivity contribution in [1.29, 1.82) is 0 Å². The van der Waals surface area contributed by atoms with Crippen LogP contribution >= 0.6 is 0 Å². The van der Waals surface area contributed by atoms with Crippen molar-refractivity contribution in [1.82, 2.24) is 0 Å². The summed E-state index contributed by atoms with van der Waals surface area (Å²) in [4.78, 5) is 0.915. The van der Waals surface area contributed by atoms with Crippen molar-refractivity contribution in [2.75, 3.05) is 5.75 Å². The van der Waals surface area contributed by atoms with Crippen molar-refractivity contribution in [3.05, 3.63) is 48.2 Å². The molecule has 0 aliphatic heterocycles. The molecule has 1 rings (SSSR count). The van der Waals surface area contributed by atoms with Gasteiger partial charge in [-0.3, -0.25) is 0 Å². The largest absolute Gasteiger partial charge is 0.611 e. The van der Waals surface area contributed by atoms with Crippen LogP contribution in [0.2, 0.25) is 0 Å². The highest BCUT2D eigenvalue weighted by molar-refractivity contribution is 7.91. The maximum Gasteiger partial charge on any atom is 0.152 e. The van der Waals surface area contributed by atoms with Gasteiger partial charge in [-0.25, -0.2) is 0 Å². The van der Waals surface area contributed by atoms with Gasteiger partial charge in [0, 0.05) is 6.42 Å². The summed E-state index contributed by atoms with van der Waals surface area (Å²) in [6, 6.07) is 9.63. The molecule has 0 aliphatic carbocycles. The van der Waals surface area contributed by atoms with E-state index in [4.69, 9.17) is 0 Å². The summed E-state index contributed by atoms with van der Waals surface area (Å²) < 4.78 is 11.9. The molecule has 1 aromatic carbocycles. The molecule has 0 spiro atoms. The maximum absolute atomic E-state index is 11.9. The van der Waals surface area contributed by atoms with Gasteiger partial charge in [-0.2, -0.15) is 0 Å². The summed E-state index contributed by atoms with van der Waals surface area (Å²) in [5, 5.41) is 0. The molecule has 18 heavy (non-hydrogen) atoms. The molecule has 0 heterocycles. The highest BCUT2D eigenvalue weighted by Gasteiger charge is 2.07. The minimum Gasteiger partial charge on any atom is -0.611 e. The van der Waals surface area contributed by atoms with Crippen molar-refractivity contribution in [3.63, 3.8) is 0 Å². The van der Waals surface area contributed by atoms with Crippen LogP contribution in [0, 0.1) is 0 Å². The first kappa shape index (κ1) is 15.1. The van der Waals surface area contributed by atoms with E-state index >= 15 is 0 Å². The molecule has 0 aromatic heterocycles. The van der Waals surface area contributed by atoms with Crippen LogP contribution in [0.1, 0.15) is 39.0 Å². The van der Waals surface area contributed by atoms with E-state index in [1.807, 2.05) is 36.4 Å². The zero-order valence-electron chi connectivity index (χ0n) is 11.1. The number of rotatable bonds is 8. The lowest BCUT2D eigenvalue weighted by Crippen LogP contribution is -2.05. The van der Waals surface area contributed by atoms with Gasteiger partial charge >= 0.3 is 0 Å². The van der Waals surface area contributed by atoms with Gasteiger partial charge in [-0.05, 0) is 48.3 Å². The van der Waals surface area contributed by atoms with Gasteiger partial charge in [-0.15, -0.1) is 5.73 Å². The second kappa shape index (κ2) is 10.0. The molecule has 1 atom stereocenters. The van der Waals surface area contributed by atoms with Crippen molar-refractivity contribution in [3.8, 4) is 0 Å². The van der Waals surface area contributed by atoms with Crippen molar-refractivity contribution < 1.29 is 4.55 Å². The predicted molar refractivity (Wildman–Crippen MR) is 79.1 cm³/mol. The Kier molecular flexibility index (Phi) is 8.41. The summed E-state index contributed by atoms with van der Waals surface area (Å²) in [6.07, 6.45) is 9.79. The maximum atomic E-state index is 11.9. The molecule has 0 saturated heterocycles. The fraction of sp³-hybridized carbons (Fsp3) is 0.438. The molecule has 1 aromatic rings. The van der Waals surface area contributed by atoms with Gasteiger partial charge in [0.2, 0.25) is 0 Å². The van der Waals surface area contributed by atoms with E-state index in [9.17, 15) is 4.55 Å². The summed E-state index contributed by atoms with van der Waals surface area (Å²) in [7, 11) is 0.